The minimum Gasteiger partial charge on any atom is -0.395 e. The number of aliphatic hydroxyl groups is 2. The summed E-state index contributed by atoms with van der Waals surface area (Å²) in [4.78, 5) is 0. The van der Waals surface area contributed by atoms with Gasteiger partial charge in [-0.05, 0) is 6.42 Å². The number of hydrogen-bond donors (Lipinski definition) is 3. The molecule has 18 heavy (non-hydrogen) atoms. The number of thiol groups is 1. The van der Waals surface area contributed by atoms with Gasteiger partial charge in [0.1, 0.15) is 0 Å². The van der Waals surface area contributed by atoms with Gasteiger partial charge in [0.15, 0.2) is 0 Å². The van der Waals surface area contributed by atoms with E-state index in [4.69, 9.17) is 12.6 Å². The highest BCUT2D eigenvalue weighted by Crippen LogP contribution is 2.56. The molecule has 2 N–H and O–H groups in total. The normalized spacial score (nSPS) is 40.0. The van der Waals surface area contributed by atoms with E-state index in [0.717, 1.165) is 17.9 Å². The molecule has 0 spiro atoms. The Morgan fingerprint density at radius 3 is 1.78 bits per heavy atom. The van der Waals surface area contributed by atoms with E-state index in [-0.39, 0.29) is 18.0 Å². The zero-order valence-electron chi connectivity index (χ0n) is 10.3. The Hall–Kier alpha value is 1.67. The first-order valence-electron chi connectivity index (χ1n) is 6.12. The van der Waals surface area contributed by atoms with Gasteiger partial charge in [-0.2, -0.15) is 12.6 Å². The van der Waals surface area contributed by atoms with Crippen LogP contribution in [-0.2, 0) is 0 Å². The van der Waals surface area contributed by atoms with E-state index in [1.54, 1.807) is 0 Å². The van der Waals surface area contributed by atoms with E-state index in [9.17, 15) is 10.2 Å². The Balaban J connectivity index is 2.02. The Morgan fingerprint density at radius 1 is 1.06 bits per heavy atom. The highest BCUT2D eigenvalue weighted by Gasteiger charge is 2.48. The fraction of sp³-hybridized carbons (Fsp3) is 1.00. The molecule has 0 aromatic heterocycles. The first-order chi connectivity index (χ1) is 8.63. The lowest BCUT2D eigenvalue weighted by molar-refractivity contribution is 0.301. The lowest BCUT2D eigenvalue weighted by atomic mass is 10.1. The molecule has 2 fully saturated rings. The molecular weight excluding hydrogens is 324 g/mol. The van der Waals surface area contributed by atoms with Crippen molar-refractivity contribution in [3.8, 4) is 0 Å². The molecule has 0 aromatic rings. The van der Waals surface area contributed by atoms with E-state index in [2.05, 4.69) is 6.92 Å². The van der Waals surface area contributed by atoms with Crippen molar-refractivity contribution >= 4 is 59.7 Å². The van der Waals surface area contributed by atoms with Crippen LogP contribution in [0.2, 0.25) is 0 Å². The average molecular weight is 345 g/mol. The largest absolute Gasteiger partial charge is 0.395 e. The van der Waals surface area contributed by atoms with Crippen molar-refractivity contribution in [1.82, 2.24) is 0 Å². The molecule has 2 aliphatic heterocycles. The maximum Gasteiger partial charge on any atom is 0.0669 e. The van der Waals surface area contributed by atoms with Crippen LogP contribution in [0.1, 0.15) is 13.3 Å². The summed E-state index contributed by atoms with van der Waals surface area (Å²) >= 11 is 12.7. The molecule has 0 aliphatic carbocycles. The first-order valence-corrected chi connectivity index (χ1v) is 10.5. The van der Waals surface area contributed by atoms with Crippen LogP contribution in [0.5, 0.6) is 0 Å². The van der Waals surface area contributed by atoms with Crippen molar-refractivity contribution in [3.63, 3.8) is 0 Å². The van der Waals surface area contributed by atoms with Gasteiger partial charge in [-0.3, -0.25) is 0 Å². The van der Waals surface area contributed by atoms with Crippen molar-refractivity contribution in [2.75, 3.05) is 24.7 Å². The van der Waals surface area contributed by atoms with Crippen molar-refractivity contribution in [2.24, 2.45) is 0 Å². The summed E-state index contributed by atoms with van der Waals surface area (Å²) in [6, 6.07) is 0. The zero-order chi connectivity index (χ0) is 13.2. The third-order valence-corrected chi connectivity index (χ3v) is 12.1. The van der Waals surface area contributed by atoms with Gasteiger partial charge in [0.05, 0.1) is 27.1 Å². The Bertz CT molecular complexity index is 256. The van der Waals surface area contributed by atoms with Crippen LogP contribution in [0.25, 0.3) is 0 Å². The predicted octanol–water partition coefficient (Wildman–Crippen LogP) is 2.40. The monoisotopic (exact) mass is 344 g/mol. The second kappa shape index (κ2) is 7.09. The molecule has 2 aliphatic rings. The van der Waals surface area contributed by atoms with Crippen LogP contribution in [0.15, 0.2) is 0 Å². The molecular formula is C11H20O2S5. The number of hydrogen-bond acceptors (Lipinski definition) is 7. The molecule has 4 unspecified atom stereocenters. The second-order valence-corrected chi connectivity index (χ2v) is 11.1. The van der Waals surface area contributed by atoms with Gasteiger partial charge >= 0.3 is 0 Å². The first kappa shape index (κ1) is 16.0. The maximum absolute atomic E-state index is 9.27. The Labute approximate surface area is 132 Å². The van der Waals surface area contributed by atoms with Crippen LogP contribution in [0.4, 0.5) is 0 Å². The standard InChI is InChI=1S/C11H20O2S5/c1-2-11(14,9-15-5-7(3-12)17-9)10-16-6-8(4-13)18-10/h7-10,12-14H,2-6H2,1H3. The molecule has 106 valence electrons. The molecule has 7 heteroatoms. The van der Waals surface area contributed by atoms with Crippen molar-refractivity contribution in [2.45, 2.75) is 37.8 Å². The fourth-order valence-corrected chi connectivity index (χ4v) is 10.5. The van der Waals surface area contributed by atoms with E-state index in [1.165, 1.54) is 0 Å². The van der Waals surface area contributed by atoms with Gasteiger partial charge in [-0.15, -0.1) is 47.0 Å². The predicted molar refractivity (Wildman–Crippen MR) is 91.4 cm³/mol. The van der Waals surface area contributed by atoms with Gasteiger partial charge < -0.3 is 10.2 Å². The lowest BCUT2D eigenvalue weighted by Gasteiger charge is -2.37. The third-order valence-electron chi connectivity index (χ3n) is 3.29. The molecule has 2 rings (SSSR count). The summed E-state index contributed by atoms with van der Waals surface area (Å²) < 4.78 is 0.884. The Morgan fingerprint density at radius 2 is 1.50 bits per heavy atom. The van der Waals surface area contributed by atoms with Crippen LogP contribution < -0.4 is 0 Å². The van der Waals surface area contributed by atoms with Gasteiger partial charge in [0.25, 0.3) is 0 Å². The van der Waals surface area contributed by atoms with E-state index < -0.39 is 0 Å². The fourth-order valence-electron chi connectivity index (χ4n) is 2.06. The Kier molecular flexibility index (Phi) is 6.32. The average Bonchev–Trinajstić information content (AvgIpc) is 3.06. The van der Waals surface area contributed by atoms with E-state index in [1.807, 2.05) is 47.0 Å². The van der Waals surface area contributed by atoms with E-state index in [0.29, 0.717) is 19.7 Å². The van der Waals surface area contributed by atoms with Gasteiger partial charge in [-0.25, -0.2) is 0 Å². The molecule has 0 radical (unpaired) electrons. The quantitative estimate of drug-likeness (QED) is 0.666. The van der Waals surface area contributed by atoms with Crippen molar-refractivity contribution in [1.29, 1.82) is 0 Å². The van der Waals surface area contributed by atoms with E-state index >= 15 is 0 Å². The van der Waals surface area contributed by atoms with Gasteiger partial charge in [-0.1, -0.05) is 6.92 Å². The van der Waals surface area contributed by atoms with Crippen molar-refractivity contribution < 1.29 is 10.2 Å². The minimum atomic E-state index is -0.0154. The molecule has 4 atom stereocenters. The smallest absolute Gasteiger partial charge is 0.0669 e. The third kappa shape index (κ3) is 3.28. The van der Waals surface area contributed by atoms with Crippen LogP contribution in [-0.4, -0.2) is 59.3 Å². The number of aliphatic hydroxyl groups excluding tert-OH is 2. The second-order valence-electron chi connectivity index (χ2n) is 4.56. The summed E-state index contributed by atoms with van der Waals surface area (Å²) in [6.07, 6.45) is 1.03. The summed E-state index contributed by atoms with van der Waals surface area (Å²) in [6.45, 7) is 2.74. The number of thioether (sulfide) groups is 4. The van der Waals surface area contributed by atoms with Crippen LogP contribution in [0, 0.1) is 0 Å². The molecule has 0 saturated carbocycles. The SMILES string of the molecule is CCC(S)(C1SCC(CO)S1)C1SCC(CO)S1. The lowest BCUT2D eigenvalue weighted by Crippen LogP contribution is -2.39. The van der Waals surface area contributed by atoms with Gasteiger partial charge in [0.2, 0.25) is 0 Å². The summed E-state index contributed by atoms with van der Waals surface area (Å²) in [5.41, 5.74) is 0. The highest BCUT2D eigenvalue weighted by molar-refractivity contribution is 8.23. The van der Waals surface area contributed by atoms with Crippen LogP contribution >= 0.6 is 59.7 Å². The summed E-state index contributed by atoms with van der Waals surface area (Å²) in [5.74, 6) is 2.05. The van der Waals surface area contributed by atoms with Crippen molar-refractivity contribution in [3.05, 3.63) is 0 Å². The maximum atomic E-state index is 9.27. The summed E-state index contributed by atoms with van der Waals surface area (Å²) in [5, 5.41) is 19.3. The zero-order valence-corrected chi connectivity index (χ0v) is 14.5. The topological polar surface area (TPSA) is 40.5 Å². The highest BCUT2D eigenvalue weighted by atomic mass is 32.2. The van der Waals surface area contributed by atoms with Gasteiger partial charge in [0, 0.05) is 22.0 Å². The molecule has 2 nitrogen and oxygen atoms in total. The minimum absolute atomic E-state index is 0.0154. The molecule has 0 amide bonds. The molecule has 2 saturated heterocycles. The summed E-state index contributed by atoms with van der Waals surface area (Å²) in [7, 11) is 0. The molecule has 2 heterocycles. The molecule has 0 aromatic carbocycles. The molecule has 0 bridgehead atoms. The van der Waals surface area contributed by atoms with Crippen LogP contribution in [0.3, 0.4) is 0 Å². The number of rotatable bonds is 5.